The summed E-state index contributed by atoms with van der Waals surface area (Å²) in [4.78, 5) is 13.4. The monoisotopic (exact) mass is 184 g/mol. The van der Waals surface area contributed by atoms with Crippen molar-refractivity contribution < 1.29 is 9.53 Å². The predicted octanol–water partition coefficient (Wildman–Crippen LogP) is -0.277. The number of nitrogens with two attached hydrogens (primary N) is 1. The van der Waals surface area contributed by atoms with Gasteiger partial charge in [0, 0.05) is 13.1 Å². The maximum absolute atomic E-state index is 11.6. The van der Waals surface area contributed by atoms with Crippen LogP contribution >= 0.6 is 0 Å². The van der Waals surface area contributed by atoms with E-state index >= 15 is 0 Å². The SMILES string of the molecule is CC(N)C(=O)N1CC2CCC(C1)O2. The minimum atomic E-state index is -0.377. The fraction of sp³-hybridized carbons (Fsp3) is 0.889. The summed E-state index contributed by atoms with van der Waals surface area (Å²) in [5.41, 5.74) is 5.55. The molecule has 13 heavy (non-hydrogen) atoms. The van der Waals surface area contributed by atoms with Gasteiger partial charge in [-0.3, -0.25) is 4.79 Å². The Kier molecular flexibility index (Phi) is 2.26. The fourth-order valence-electron chi connectivity index (χ4n) is 2.08. The van der Waals surface area contributed by atoms with Crippen LogP contribution in [-0.4, -0.2) is 42.1 Å². The molecular weight excluding hydrogens is 168 g/mol. The van der Waals surface area contributed by atoms with Crippen LogP contribution in [0.15, 0.2) is 0 Å². The molecule has 2 aliphatic rings. The van der Waals surface area contributed by atoms with Crippen LogP contribution in [-0.2, 0) is 9.53 Å². The van der Waals surface area contributed by atoms with E-state index in [1.807, 2.05) is 4.90 Å². The Morgan fingerprint density at radius 2 is 2.00 bits per heavy atom. The highest BCUT2D eigenvalue weighted by molar-refractivity contribution is 5.81. The highest BCUT2D eigenvalue weighted by Crippen LogP contribution is 2.26. The number of nitrogens with zero attached hydrogens (tertiary/aromatic N) is 1. The summed E-state index contributed by atoms with van der Waals surface area (Å²) in [6.07, 6.45) is 2.71. The van der Waals surface area contributed by atoms with E-state index in [4.69, 9.17) is 10.5 Å². The number of morpholine rings is 1. The Labute approximate surface area is 78.0 Å². The van der Waals surface area contributed by atoms with Crippen LogP contribution in [0.2, 0.25) is 0 Å². The molecule has 0 saturated carbocycles. The zero-order chi connectivity index (χ0) is 9.42. The van der Waals surface area contributed by atoms with Crippen LogP contribution in [0.4, 0.5) is 0 Å². The third kappa shape index (κ3) is 1.69. The highest BCUT2D eigenvalue weighted by Gasteiger charge is 2.36. The standard InChI is InChI=1S/C9H16N2O2/c1-6(10)9(12)11-4-7-2-3-8(5-11)13-7/h6-8H,2-5,10H2,1H3. The number of ether oxygens (including phenoxy) is 1. The van der Waals surface area contributed by atoms with E-state index in [1.54, 1.807) is 6.92 Å². The van der Waals surface area contributed by atoms with E-state index in [1.165, 1.54) is 0 Å². The first-order valence-electron chi connectivity index (χ1n) is 4.86. The number of hydrogen-bond acceptors (Lipinski definition) is 3. The van der Waals surface area contributed by atoms with Crippen LogP contribution < -0.4 is 5.73 Å². The van der Waals surface area contributed by atoms with Crippen LogP contribution in [0, 0.1) is 0 Å². The van der Waals surface area contributed by atoms with Crippen molar-refractivity contribution in [2.75, 3.05) is 13.1 Å². The van der Waals surface area contributed by atoms with E-state index in [9.17, 15) is 4.79 Å². The summed E-state index contributed by atoms with van der Waals surface area (Å²) >= 11 is 0. The smallest absolute Gasteiger partial charge is 0.239 e. The molecule has 2 fully saturated rings. The summed E-state index contributed by atoms with van der Waals surface area (Å²) in [7, 11) is 0. The molecule has 2 bridgehead atoms. The van der Waals surface area contributed by atoms with Crippen molar-refractivity contribution in [3.05, 3.63) is 0 Å². The number of amides is 1. The van der Waals surface area contributed by atoms with Crippen molar-refractivity contribution in [3.63, 3.8) is 0 Å². The molecule has 0 aromatic heterocycles. The normalized spacial score (nSPS) is 34.8. The molecule has 74 valence electrons. The molecular formula is C9H16N2O2. The molecule has 1 amide bonds. The second-order valence-electron chi connectivity index (χ2n) is 3.99. The second kappa shape index (κ2) is 3.27. The van der Waals surface area contributed by atoms with Gasteiger partial charge in [-0.2, -0.15) is 0 Å². The zero-order valence-corrected chi connectivity index (χ0v) is 7.90. The number of hydrogen-bond donors (Lipinski definition) is 1. The van der Waals surface area contributed by atoms with Crippen molar-refractivity contribution in [2.24, 2.45) is 5.73 Å². The first-order chi connectivity index (χ1) is 6.16. The van der Waals surface area contributed by atoms with Crippen molar-refractivity contribution in [3.8, 4) is 0 Å². The molecule has 0 aliphatic carbocycles. The maximum atomic E-state index is 11.6. The molecule has 0 spiro atoms. The number of fused-ring (bicyclic) bond motifs is 2. The summed E-state index contributed by atoms with van der Waals surface area (Å²) in [5.74, 6) is 0.0557. The average molecular weight is 184 g/mol. The van der Waals surface area contributed by atoms with Gasteiger partial charge in [-0.15, -0.1) is 0 Å². The van der Waals surface area contributed by atoms with E-state index in [-0.39, 0.29) is 24.2 Å². The van der Waals surface area contributed by atoms with Gasteiger partial charge in [0.25, 0.3) is 0 Å². The molecule has 2 aliphatic heterocycles. The van der Waals surface area contributed by atoms with Gasteiger partial charge in [0.15, 0.2) is 0 Å². The summed E-state index contributed by atoms with van der Waals surface area (Å²) < 4.78 is 5.62. The third-order valence-electron chi connectivity index (χ3n) is 2.74. The Balaban J connectivity index is 1.98. The Hall–Kier alpha value is -0.610. The lowest BCUT2D eigenvalue weighted by Gasteiger charge is -2.33. The van der Waals surface area contributed by atoms with E-state index in [2.05, 4.69) is 0 Å². The Bertz CT molecular complexity index is 206. The van der Waals surface area contributed by atoms with Crippen molar-refractivity contribution >= 4 is 5.91 Å². The van der Waals surface area contributed by atoms with Crippen molar-refractivity contribution in [1.29, 1.82) is 0 Å². The minimum Gasteiger partial charge on any atom is -0.371 e. The second-order valence-corrected chi connectivity index (χ2v) is 3.99. The molecule has 3 unspecified atom stereocenters. The van der Waals surface area contributed by atoms with Gasteiger partial charge >= 0.3 is 0 Å². The lowest BCUT2D eigenvalue weighted by molar-refractivity contribution is -0.140. The molecule has 2 heterocycles. The van der Waals surface area contributed by atoms with Crippen LogP contribution in [0.25, 0.3) is 0 Å². The quantitative estimate of drug-likeness (QED) is 0.610. The minimum absolute atomic E-state index is 0.0557. The molecule has 3 atom stereocenters. The van der Waals surface area contributed by atoms with Crippen LogP contribution in [0.1, 0.15) is 19.8 Å². The van der Waals surface area contributed by atoms with Crippen molar-refractivity contribution in [1.82, 2.24) is 4.90 Å². The van der Waals surface area contributed by atoms with Crippen LogP contribution in [0.3, 0.4) is 0 Å². The number of carbonyl (C=O) groups excluding carboxylic acids is 1. The largest absolute Gasteiger partial charge is 0.371 e. The van der Waals surface area contributed by atoms with Gasteiger partial charge in [-0.1, -0.05) is 0 Å². The summed E-state index contributed by atoms with van der Waals surface area (Å²) in [5, 5.41) is 0. The van der Waals surface area contributed by atoms with Gasteiger partial charge in [0.2, 0.25) is 5.91 Å². The first kappa shape index (κ1) is 8.97. The third-order valence-corrected chi connectivity index (χ3v) is 2.74. The van der Waals surface area contributed by atoms with E-state index in [0.29, 0.717) is 0 Å². The Morgan fingerprint density at radius 1 is 1.46 bits per heavy atom. The van der Waals surface area contributed by atoms with Gasteiger partial charge in [-0.25, -0.2) is 0 Å². The Morgan fingerprint density at radius 3 is 2.46 bits per heavy atom. The van der Waals surface area contributed by atoms with E-state index < -0.39 is 0 Å². The molecule has 0 radical (unpaired) electrons. The number of rotatable bonds is 1. The first-order valence-corrected chi connectivity index (χ1v) is 4.86. The van der Waals surface area contributed by atoms with E-state index in [0.717, 1.165) is 25.9 Å². The molecule has 0 aromatic rings. The lowest BCUT2D eigenvalue weighted by Crippen LogP contribution is -2.50. The fourth-order valence-corrected chi connectivity index (χ4v) is 2.08. The number of carbonyl (C=O) groups is 1. The lowest BCUT2D eigenvalue weighted by atomic mass is 10.2. The van der Waals surface area contributed by atoms with Gasteiger partial charge in [0.1, 0.15) is 0 Å². The highest BCUT2D eigenvalue weighted by atomic mass is 16.5. The molecule has 0 aromatic carbocycles. The number of likely N-dealkylation sites (tertiary alicyclic amines) is 1. The van der Waals surface area contributed by atoms with Gasteiger partial charge < -0.3 is 15.4 Å². The molecule has 4 heteroatoms. The van der Waals surface area contributed by atoms with Gasteiger partial charge in [0.05, 0.1) is 18.2 Å². The zero-order valence-electron chi connectivity index (χ0n) is 7.90. The molecule has 2 saturated heterocycles. The topological polar surface area (TPSA) is 55.6 Å². The maximum Gasteiger partial charge on any atom is 0.239 e. The van der Waals surface area contributed by atoms with Crippen molar-refractivity contribution in [2.45, 2.75) is 38.0 Å². The summed E-state index contributed by atoms with van der Waals surface area (Å²) in [6.45, 7) is 3.20. The van der Waals surface area contributed by atoms with Crippen LogP contribution in [0.5, 0.6) is 0 Å². The molecule has 2 rings (SSSR count). The molecule has 2 N–H and O–H groups in total. The predicted molar refractivity (Wildman–Crippen MR) is 48.1 cm³/mol. The average Bonchev–Trinajstić information content (AvgIpc) is 2.44. The molecule has 4 nitrogen and oxygen atoms in total. The van der Waals surface area contributed by atoms with Gasteiger partial charge in [-0.05, 0) is 19.8 Å². The summed E-state index contributed by atoms with van der Waals surface area (Å²) in [6, 6.07) is -0.377.